The number of amides is 1. The first-order chi connectivity index (χ1) is 13.1. The third-order valence-corrected chi connectivity index (χ3v) is 5.33. The second kappa shape index (κ2) is 9.47. The van der Waals surface area contributed by atoms with Crippen LogP contribution in [0.25, 0.3) is 6.08 Å². The monoisotopic (exact) mass is 470 g/mol. The number of rotatable bonds is 7. The summed E-state index contributed by atoms with van der Waals surface area (Å²) in [6.07, 6.45) is 1.76. The van der Waals surface area contributed by atoms with Crippen molar-refractivity contribution in [2.24, 2.45) is 4.99 Å². The van der Waals surface area contributed by atoms with Crippen molar-refractivity contribution in [3.63, 3.8) is 0 Å². The summed E-state index contributed by atoms with van der Waals surface area (Å²) >= 11 is 4.79. The third kappa shape index (κ3) is 5.29. The summed E-state index contributed by atoms with van der Waals surface area (Å²) in [6.45, 7) is 7.36. The van der Waals surface area contributed by atoms with Gasteiger partial charge in [0.25, 0.3) is 5.91 Å². The van der Waals surface area contributed by atoms with Gasteiger partial charge in [-0.15, -0.1) is 0 Å². The lowest BCUT2D eigenvalue weighted by molar-refractivity contribution is -0.139. The smallest absolute Gasteiger partial charge is 0.341 e. The number of carbonyl (C=O) groups excluding carboxylic acids is 1. The van der Waals surface area contributed by atoms with E-state index in [1.807, 2.05) is 27.7 Å². The zero-order valence-corrected chi connectivity index (χ0v) is 18.8. The van der Waals surface area contributed by atoms with Gasteiger partial charge in [-0.3, -0.25) is 14.7 Å². The predicted octanol–water partition coefficient (Wildman–Crippen LogP) is 4.01. The Balaban J connectivity index is 2.41. The number of aliphatic imine (C=N–C) groups is 1. The molecule has 7 nitrogen and oxygen atoms in total. The van der Waals surface area contributed by atoms with E-state index in [0.29, 0.717) is 31.6 Å². The van der Waals surface area contributed by atoms with Crippen molar-refractivity contribution in [2.45, 2.75) is 39.8 Å². The fourth-order valence-corrected chi connectivity index (χ4v) is 4.13. The molecule has 0 bridgehead atoms. The molecule has 0 spiro atoms. The van der Waals surface area contributed by atoms with Crippen LogP contribution in [0.2, 0.25) is 0 Å². The van der Waals surface area contributed by atoms with Crippen molar-refractivity contribution < 1.29 is 24.2 Å². The number of aliphatic carboxylic acids is 1. The summed E-state index contributed by atoms with van der Waals surface area (Å²) < 4.78 is 11.2. The molecule has 0 saturated carbocycles. The maximum Gasteiger partial charge on any atom is 0.341 e. The molecule has 1 saturated heterocycles. The van der Waals surface area contributed by atoms with E-state index in [9.17, 15) is 9.59 Å². The average molecular weight is 471 g/mol. The number of methoxy groups -OCH3 is 1. The Morgan fingerprint density at radius 2 is 2.00 bits per heavy atom. The van der Waals surface area contributed by atoms with Gasteiger partial charge in [0.05, 0.1) is 12.0 Å². The summed E-state index contributed by atoms with van der Waals surface area (Å²) in [5, 5.41) is 9.48. The lowest BCUT2D eigenvalue weighted by atomic mass is 10.1. The van der Waals surface area contributed by atoms with Gasteiger partial charge >= 0.3 is 5.97 Å². The minimum Gasteiger partial charge on any atom is -0.493 e. The van der Waals surface area contributed by atoms with E-state index < -0.39 is 12.6 Å². The fourth-order valence-electron chi connectivity index (χ4n) is 2.47. The van der Waals surface area contributed by atoms with Crippen molar-refractivity contribution in [3.05, 3.63) is 27.1 Å². The van der Waals surface area contributed by atoms with Gasteiger partial charge in [-0.2, -0.15) is 0 Å². The number of hydrogen-bond donors (Lipinski definition) is 1. The summed E-state index contributed by atoms with van der Waals surface area (Å²) in [4.78, 5) is 30.4. The first kappa shape index (κ1) is 22.3. The van der Waals surface area contributed by atoms with Crippen LogP contribution in [0, 0.1) is 0 Å². The molecular weight excluding hydrogens is 448 g/mol. The molecule has 0 radical (unpaired) electrons. The number of nitrogens with zero attached hydrogens (tertiary/aromatic N) is 2. The second-order valence-electron chi connectivity index (χ2n) is 6.59. The Kier molecular flexibility index (Phi) is 7.54. The number of halogens is 1. The molecule has 1 heterocycles. The van der Waals surface area contributed by atoms with Crippen LogP contribution in [0.4, 0.5) is 0 Å². The molecule has 1 aliphatic heterocycles. The maximum atomic E-state index is 12.9. The normalized spacial score (nSPS) is 17.3. The number of amidine groups is 1. The quantitative estimate of drug-likeness (QED) is 0.605. The van der Waals surface area contributed by atoms with Crippen molar-refractivity contribution >= 4 is 50.8 Å². The summed E-state index contributed by atoms with van der Waals surface area (Å²) in [7, 11) is 1.47. The van der Waals surface area contributed by atoms with Crippen LogP contribution >= 0.6 is 27.7 Å². The van der Waals surface area contributed by atoms with Gasteiger partial charge in [0.15, 0.2) is 23.3 Å². The topological polar surface area (TPSA) is 88.4 Å². The average Bonchev–Trinajstić information content (AvgIpc) is 2.89. The molecule has 1 aromatic carbocycles. The van der Waals surface area contributed by atoms with Gasteiger partial charge in [-0.25, -0.2) is 4.79 Å². The van der Waals surface area contributed by atoms with Gasteiger partial charge in [0.1, 0.15) is 0 Å². The van der Waals surface area contributed by atoms with Crippen molar-refractivity contribution in [1.82, 2.24) is 4.90 Å². The summed E-state index contributed by atoms with van der Waals surface area (Å²) in [5.41, 5.74) is 0.713. The van der Waals surface area contributed by atoms with Crippen molar-refractivity contribution in [2.75, 3.05) is 13.7 Å². The SMILES string of the molecule is COc1cc(/C=C2/SC(=NC(C)C)N(C(C)C)C2=O)c(Br)cc1OCC(=O)O. The molecule has 2 rings (SSSR count). The molecule has 0 unspecified atom stereocenters. The van der Waals surface area contributed by atoms with Crippen LogP contribution in [0.3, 0.4) is 0 Å². The number of thioether (sulfide) groups is 1. The van der Waals surface area contributed by atoms with E-state index in [-0.39, 0.29) is 18.0 Å². The molecule has 1 fully saturated rings. The lowest BCUT2D eigenvalue weighted by Crippen LogP contribution is -2.35. The van der Waals surface area contributed by atoms with Crippen molar-refractivity contribution in [3.8, 4) is 11.5 Å². The fraction of sp³-hybridized carbons (Fsp3) is 0.421. The second-order valence-corrected chi connectivity index (χ2v) is 8.46. The molecule has 1 amide bonds. The van der Waals surface area contributed by atoms with Gasteiger partial charge in [-0.05, 0) is 63.2 Å². The largest absolute Gasteiger partial charge is 0.493 e. The molecule has 1 aliphatic rings. The van der Waals surface area contributed by atoms with Gasteiger partial charge in [0, 0.05) is 16.6 Å². The van der Waals surface area contributed by atoms with Crippen LogP contribution in [0.5, 0.6) is 11.5 Å². The minimum atomic E-state index is -1.08. The zero-order chi connectivity index (χ0) is 21.0. The number of hydrogen-bond acceptors (Lipinski definition) is 6. The Labute approximate surface area is 176 Å². The number of carbonyl (C=O) groups is 2. The van der Waals surface area contributed by atoms with Gasteiger partial charge in [0.2, 0.25) is 0 Å². The number of carboxylic acids is 1. The molecule has 1 aromatic rings. The van der Waals surface area contributed by atoms with E-state index in [1.54, 1.807) is 23.1 Å². The molecule has 9 heteroatoms. The number of ether oxygens (including phenoxy) is 2. The Bertz CT molecular complexity index is 836. The van der Waals surface area contributed by atoms with Crippen LogP contribution in [0.15, 0.2) is 26.5 Å². The highest BCUT2D eigenvalue weighted by Gasteiger charge is 2.35. The van der Waals surface area contributed by atoms with Crippen molar-refractivity contribution in [1.29, 1.82) is 0 Å². The van der Waals surface area contributed by atoms with E-state index in [1.165, 1.54) is 18.9 Å². The molecular formula is C19H23BrN2O5S. The van der Waals surface area contributed by atoms with E-state index in [4.69, 9.17) is 14.6 Å². The summed E-state index contributed by atoms with van der Waals surface area (Å²) in [6, 6.07) is 3.39. The first-order valence-electron chi connectivity index (χ1n) is 8.67. The molecule has 28 heavy (non-hydrogen) atoms. The number of benzene rings is 1. The standard InChI is InChI=1S/C19H23BrN2O5S/c1-10(2)21-19-22(11(3)4)18(25)16(28-19)7-12-6-14(26-5)15(8-13(12)20)27-9-17(23)24/h6-8,10-11H,9H2,1-5H3,(H,23,24)/b16-7+,21-19?. The molecule has 0 aromatic heterocycles. The maximum absolute atomic E-state index is 12.9. The molecule has 152 valence electrons. The Morgan fingerprint density at radius 1 is 1.32 bits per heavy atom. The van der Waals surface area contributed by atoms with Crippen LogP contribution in [-0.4, -0.2) is 52.9 Å². The summed E-state index contributed by atoms with van der Waals surface area (Å²) in [5.74, 6) is -0.502. The van der Waals surface area contributed by atoms with Crippen LogP contribution < -0.4 is 9.47 Å². The minimum absolute atomic E-state index is 0.00632. The van der Waals surface area contributed by atoms with Crippen LogP contribution in [0.1, 0.15) is 33.3 Å². The van der Waals surface area contributed by atoms with Gasteiger partial charge in [-0.1, -0.05) is 15.9 Å². The lowest BCUT2D eigenvalue weighted by Gasteiger charge is -2.20. The Morgan fingerprint density at radius 3 is 2.54 bits per heavy atom. The highest BCUT2D eigenvalue weighted by atomic mass is 79.9. The predicted molar refractivity (Wildman–Crippen MR) is 114 cm³/mol. The third-order valence-electron chi connectivity index (χ3n) is 3.64. The molecule has 0 aliphatic carbocycles. The Hall–Kier alpha value is -2.00. The van der Waals surface area contributed by atoms with E-state index in [0.717, 1.165) is 0 Å². The van der Waals surface area contributed by atoms with Gasteiger partial charge < -0.3 is 14.6 Å². The highest BCUT2D eigenvalue weighted by molar-refractivity contribution is 9.10. The van der Waals surface area contributed by atoms with E-state index >= 15 is 0 Å². The molecule has 1 N–H and O–H groups in total. The first-order valence-corrected chi connectivity index (χ1v) is 10.3. The molecule has 0 atom stereocenters. The zero-order valence-electron chi connectivity index (χ0n) is 16.4. The van der Waals surface area contributed by atoms with Crippen LogP contribution in [-0.2, 0) is 9.59 Å². The number of carboxylic acid groups (broad SMARTS) is 1. The highest BCUT2D eigenvalue weighted by Crippen LogP contribution is 2.38. The van der Waals surface area contributed by atoms with E-state index in [2.05, 4.69) is 20.9 Å².